The Morgan fingerprint density at radius 3 is 2.86 bits per heavy atom. The highest BCUT2D eigenvalue weighted by atomic mass is 16.5. The molecule has 1 aliphatic rings. The molecule has 0 spiro atoms. The Bertz CT molecular complexity index is 455. The van der Waals surface area contributed by atoms with Gasteiger partial charge in [-0.05, 0) is 18.8 Å². The van der Waals surface area contributed by atoms with E-state index in [0.717, 1.165) is 49.9 Å². The van der Waals surface area contributed by atoms with E-state index in [2.05, 4.69) is 34.0 Å². The van der Waals surface area contributed by atoms with Crippen LogP contribution in [0.3, 0.4) is 0 Å². The largest absolute Gasteiger partial charge is 0.490 e. The van der Waals surface area contributed by atoms with Gasteiger partial charge in [-0.25, -0.2) is 9.97 Å². The number of nitrogens with one attached hydrogen (secondary N) is 1. The van der Waals surface area contributed by atoms with Crippen molar-refractivity contribution in [1.29, 1.82) is 0 Å². The normalized spacial score (nSPS) is 22.2. The smallest absolute Gasteiger partial charge is 0.204 e. The van der Waals surface area contributed by atoms with E-state index in [0.29, 0.717) is 5.92 Å². The Hall–Kier alpha value is -1.56. The topological polar surface area (TPSA) is 59.5 Å². The molecule has 2 unspecified atom stereocenters. The second kappa shape index (κ2) is 7.45. The number of aromatic nitrogens is 2. The lowest BCUT2D eigenvalue weighted by molar-refractivity contribution is 0.0495. The van der Waals surface area contributed by atoms with Gasteiger partial charge in [-0.1, -0.05) is 13.8 Å². The van der Waals surface area contributed by atoms with Crippen LogP contribution in [0, 0.1) is 5.92 Å². The van der Waals surface area contributed by atoms with Crippen LogP contribution in [0.2, 0.25) is 0 Å². The fourth-order valence-corrected chi connectivity index (χ4v) is 2.68. The van der Waals surface area contributed by atoms with Crippen molar-refractivity contribution in [3.05, 3.63) is 6.33 Å². The first-order valence-corrected chi connectivity index (χ1v) is 7.61. The Morgan fingerprint density at radius 2 is 2.19 bits per heavy atom. The highest BCUT2D eigenvalue weighted by molar-refractivity contribution is 5.65. The minimum absolute atomic E-state index is 0.227. The van der Waals surface area contributed by atoms with Crippen LogP contribution < -0.4 is 15.0 Å². The van der Waals surface area contributed by atoms with Crippen LogP contribution in [0.5, 0.6) is 5.75 Å². The minimum Gasteiger partial charge on any atom is -0.490 e. The molecule has 6 heteroatoms. The van der Waals surface area contributed by atoms with E-state index in [1.54, 1.807) is 20.5 Å². The van der Waals surface area contributed by atoms with Crippen molar-refractivity contribution in [2.75, 3.05) is 44.1 Å². The van der Waals surface area contributed by atoms with Crippen LogP contribution in [0.1, 0.15) is 26.7 Å². The van der Waals surface area contributed by atoms with E-state index in [4.69, 9.17) is 9.47 Å². The fraction of sp³-hybridized carbons (Fsp3) is 0.733. The molecule has 0 radical (unpaired) electrons. The van der Waals surface area contributed by atoms with Crippen LogP contribution in [-0.2, 0) is 4.74 Å². The van der Waals surface area contributed by atoms with Gasteiger partial charge in [0.05, 0.1) is 13.2 Å². The maximum atomic E-state index is 5.58. The number of methoxy groups -OCH3 is 2. The van der Waals surface area contributed by atoms with Crippen molar-refractivity contribution in [3.63, 3.8) is 0 Å². The maximum Gasteiger partial charge on any atom is 0.204 e. The second-order valence-corrected chi connectivity index (χ2v) is 5.49. The van der Waals surface area contributed by atoms with Gasteiger partial charge in [-0.3, -0.25) is 0 Å². The lowest BCUT2D eigenvalue weighted by atomic mass is 9.96. The quantitative estimate of drug-likeness (QED) is 0.867. The van der Waals surface area contributed by atoms with Gasteiger partial charge in [0.2, 0.25) is 5.75 Å². The number of hydrogen-bond acceptors (Lipinski definition) is 6. The van der Waals surface area contributed by atoms with E-state index in [-0.39, 0.29) is 6.10 Å². The van der Waals surface area contributed by atoms with E-state index in [1.807, 2.05) is 0 Å². The summed E-state index contributed by atoms with van der Waals surface area (Å²) in [6, 6.07) is 0. The molecule has 1 saturated heterocycles. The Labute approximate surface area is 126 Å². The molecule has 118 valence electrons. The van der Waals surface area contributed by atoms with E-state index in [9.17, 15) is 0 Å². The molecule has 0 aliphatic carbocycles. The van der Waals surface area contributed by atoms with Gasteiger partial charge in [0.25, 0.3) is 0 Å². The van der Waals surface area contributed by atoms with E-state index in [1.165, 1.54) is 0 Å². The molecule has 0 amide bonds. The molecular formula is C15H26N4O2. The maximum absolute atomic E-state index is 5.58. The van der Waals surface area contributed by atoms with Gasteiger partial charge >= 0.3 is 0 Å². The molecule has 1 aliphatic heterocycles. The summed E-state index contributed by atoms with van der Waals surface area (Å²) >= 11 is 0. The van der Waals surface area contributed by atoms with Crippen LogP contribution in [0.25, 0.3) is 0 Å². The Morgan fingerprint density at radius 1 is 1.38 bits per heavy atom. The van der Waals surface area contributed by atoms with Crippen molar-refractivity contribution in [1.82, 2.24) is 9.97 Å². The number of ether oxygens (including phenoxy) is 2. The van der Waals surface area contributed by atoms with Crippen LogP contribution >= 0.6 is 0 Å². The molecule has 2 heterocycles. The van der Waals surface area contributed by atoms with Crippen molar-refractivity contribution in [2.24, 2.45) is 5.92 Å². The number of hydrogen-bond donors (Lipinski definition) is 1. The average molecular weight is 294 g/mol. The number of piperidine rings is 1. The molecule has 1 fully saturated rings. The van der Waals surface area contributed by atoms with Crippen molar-refractivity contribution < 1.29 is 9.47 Å². The zero-order chi connectivity index (χ0) is 15.2. The molecule has 0 bridgehead atoms. The predicted molar refractivity (Wildman–Crippen MR) is 84.2 cm³/mol. The molecule has 2 rings (SSSR count). The van der Waals surface area contributed by atoms with Gasteiger partial charge in [-0.15, -0.1) is 0 Å². The van der Waals surface area contributed by atoms with Crippen molar-refractivity contribution in [2.45, 2.75) is 32.8 Å². The fourth-order valence-electron chi connectivity index (χ4n) is 2.68. The first-order chi connectivity index (χ1) is 10.2. The summed E-state index contributed by atoms with van der Waals surface area (Å²) < 4.78 is 11.1. The standard InChI is InChI=1S/C15H26N4O2/c1-5-7-16-14-13(21-4)15(18-10-17-14)19-8-6-11(2)12(9-19)20-3/h10-12H,5-9H2,1-4H3,(H,16,17,18). The SMILES string of the molecule is CCCNc1ncnc(N2CCC(C)C(OC)C2)c1OC. The van der Waals surface area contributed by atoms with Crippen LogP contribution in [-0.4, -0.2) is 49.9 Å². The molecular weight excluding hydrogens is 268 g/mol. The van der Waals surface area contributed by atoms with Crippen LogP contribution in [0.15, 0.2) is 6.33 Å². The number of anilines is 2. The summed E-state index contributed by atoms with van der Waals surface area (Å²) in [6.07, 6.45) is 3.94. The summed E-state index contributed by atoms with van der Waals surface area (Å²) in [5, 5.41) is 3.29. The summed E-state index contributed by atoms with van der Waals surface area (Å²) in [7, 11) is 3.44. The molecule has 1 aromatic rings. The molecule has 6 nitrogen and oxygen atoms in total. The molecule has 1 aromatic heterocycles. The molecule has 0 aromatic carbocycles. The summed E-state index contributed by atoms with van der Waals surface area (Å²) in [5.74, 6) is 2.89. The first kappa shape index (κ1) is 15.8. The second-order valence-electron chi connectivity index (χ2n) is 5.49. The molecule has 21 heavy (non-hydrogen) atoms. The zero-order valence-electron chi connectivity index (χ0n) is 13.4. The third-order valence-corrected chi connectivity index (χ3v) is 4.02. The first-order valence-electron chi connectivity index (χ1n) is 7.61. The summed E-state index contributed by atoms with van der Waals surface area (Å²) in [5.41, 5.74) is 0. The number of rotatable bonds is 6. The molecule has 0 saturated carbocycles. The van der Waals surface area contributed by atoms with E-state index < -0.39 is 0 Å². The molecule has 1 N–H and O–H groups in total. The summed E-state index contributed by atoms with van der Waals surface area (Å²) in [6.45, 7) is 7.01. The van der Waals surface area contributed by atoms with Crippen molar-refractivity contribution >= 4 is 11.6 Å². The van der Waals surface area contributed by atoms with Gasteiger partial charge < -0.3 is 19.7 Å². The monoisotopic (exact) mass is 294 g/mol. The van der Waals surface area contributed by atoms with E-state index >= 15 is 0 Å². The van der Waals surface area contributed by atoms with Crippen molar-refractivity contribution in [3.8, 4) is 5.75 Å². The predicted octanol–water partition coefficient (Wildman–Crippen LogP) is 2.17. The molecule has 2 atom stereocenters. The minimum atomic E-state index is 0.227. The lowest BCUT2D eigenvalue weighted by Crippen LogP contribution is -2.44. The number of nitrogens with zero attached hydrogens (tertiary/aromatic N) is 3. The van der Waals surface area contributed by atoms with Gasteiger partial charge in [-0.2, -0.15) is 0 Å². The van der Waals surface area contributed by atoms with Gasteiger partial charge in [0, 0.05) is 26.7 Å². The third-order valence-electron chi connectivity index (χ3n) is 4.02. The zero-order valence-corrected chi connectivity index (χ0v) is 13.4. The van der Waals surface area contributed by atoms with Gasteiger partial charge in [0.15, 0.2) is 11.6 Å². The average Bonchev–Trinajstić information content (AvgIpc) is 2.53. The highest BCUT2D eigenvalue weighted by Gasteiger charge is 2.29. The third kappa shape index (κ3) is 3.56. The highest BCUT2D eigenvalue weighted by Crippen LogP contribution is 2.34. The van der Waals surface area contributed by atoms with Gasteiger partial charge in [0.1, 0.15) is 6.33 Å². The van der Waals surface area contributed by atoms with Crippen LogP contribution in [0.4, 0.5) is 11.6 Å². The summed E-state index contributed by atoms with van der Waals surface area (Å²) in [4.78, 5) is 10.9. The Balaban J connectivity index is 2.22. The lowest BCUT2D eigenvalue weighted by Gasteiger charge is -2.37. The Kier molecular flexibility index (Phi) is 5.61.